The topological polar surface area (TPSA) is 72.2 Å². The van der Waals surface area contributed by atoms with E-state index >= 15 is 0 Å². The van der Waals surface area contributed by atoms with Crippen LogP contribution in [-0.4, -0.2) is 44.7 Å². The summed E-state index contributed by atoms with van der Waals surface area (Å²) in [6, 6.07) is 0. The molecule has 108 valence electrons. The fourth-order valence-electron chi connectivity index (χ4n) is 2.32. The van der Waals surface area contributed by atoms with Gasteiger partial charge in [0.05, 0.1) is 12.6 Å². The minimum atomic E-state index is -0.761. The second-order valence-corrected chi connectivity index (χ2v) is 5.72. The molecule has 0 radical (unpaired) electrons. The van der Waals surface area contributed by atoms with Crippen LogP contribution < -0.4 is 5.32 Å². The highest BCUT2D eigenvalue weighted by Crippen LogP contribution is 2.24. The highest BCUT2D eigenvalue weighted by atomic mass is 16.5. The Morgan fingerprint density at radius 2 is 2.42 bits per heavy atom. The molecule has 1 aliphatic heterocycles. The van der Waals surface area contributed by atoms with E-state index in [0.29, 0.717) is 32.0 Å². The summed E-state index contributed by atoms with van der Waals surface area (Å²) >= 11 is 0. The van der Waals surface area contributed by atoms with Crippen LogP contribution in [0.4, 0.5) is 0 Å². The predicted octanol–water partition coefficient (Wildman–Crippen LogP) is 0.564. The molecule has 6 heteroatoms. The monoisotopic (exact) mass is 268 g/mol. The van der Waals surface area contributed by atoms with Crippen molar-refractivity contribution in [1.82, 2.24) is 20.1 Å². The van der Waals surface area contributed by atoms with Crippen LogP contribution in [0.3, 0.4) is 0 Å². The molecule has 0 aromatic carbocycles. The van der Waals surface area contributed by atoms with E-state index in [4.69, 9.17) is 4.74 Å². The van der Waals surface area contributed by atoms with Gasteiger partial charge in [-0.2, -0.15) is 5.10 Å². The first kappa shape index (κ1) is 14.4. The zero-order valence-electron chi connectivity index (χ0n) is 12.0. The van der Waals surface area contributed by atoms with Gasteiger partial charge in [-0.05, 0) is 12.8 Å². The molecule has 2 atom stereocenters. The molecule has 0 saturated carbocycles. The van der Waals surface area contributed by atoms with Crippen molar-refractivity contribution in [1.29, 1.82) is 0 Å². The Morgan fingerprint density at radius 3 is 3.05 bits per heavy atom. The molecule has 1 saturated heterocycles. The molecule has 0 spiro atoms. The van der Waals surface area contributed by atoms with Crippen LogP contribution in [0.15, 0.2) is 6.33 Å². The third-order valence-electron chi connectivity index (χ3n) is 3.61. The Labute approximate surface area is 114 Å². The Hall–Kier alpha value is -0.980. The quantitative estimate of drug-likeness (QED) is 0.789. The van der Waals surface area contributed by atoms with Gasteiger partial charge in [0.15, 0.2) is 0 Å². The van der Waals surface area contributed by atoms with E-state index < -0.39 is 5.60 Å². The van der Waals surface area contributed by atoms with Gasteiger partial charge in [0.1, 0.15) is 17.8 Å². The average Bonchev–Trinajstić information content (AvgIpc) is 2.88. The summed E-state index contributed by atoms with van der Waals surface area (Å²) in [6.45, 7) is 8.84. The second-order valence-electron chi connectivity index (χ2n) is 5.72. The lowest BCUT2D eigenvalue weighted by molar-refractivity contribution is -0.0264. The zero-order chi connectivity index (χ0) is 13.9. The average molecular weight is 268 g/mol. The summed E-state index contributed by atoms with van der Waals surface area (Å²) in [6.07, 6.45) is 2.14. The van der Waals surface area contributed by atoms with Gasteiger partial charge >= 0.3 is 0 Å². The molecular formula is C13H24N4O2. The first-order valence-electron chi connectivity index (χ1n) is 6.92. The van der Waals surface area contributed by atoms with E-state index in [1.165, 1.54) is 0 Å². The van der Waals surface area contributed by atoms with Crippen molar-refractivity contribution in [3.05, 3.63) is 12.2 Å². The van der Waals surface area contributed by atoms with Crippen LogP contribution >= 0.6 is 0 Å². The van der Waals surface area contributed by atoms with Crippen molar-refractivity contribution in [2.24, 2.45) is 5.92 Å². The molecule has 0 bridgehead atoms. The molecule has 0 aliphatic carbocycles. The third kappa shape index (κ3) is 3.52. The number of hydrogen-bond donors (Lipinski definition) is 2. The van der Waals surface area contributed by atoms with Gasteiger partial charge in [-0.1, -0.05) is 13.8 Å². The minimum Gasteiger partial charge on any atom is -0.386 e. The molecule has 2 heterocycles. The van der Waals surface area contributed by atoms with Crippen LogP contribution in [0.2, 0.25) is 0 Å². The fraction of sp³-hybridized carbons (Fsp3) is 0.846. The maximum absolute atomic E-state index is 10.4. The van der Waals surface area contributed by atoms with Crippen molar-refractivity contribution in [3.8, 4) is 0 Å². The van der Waals surface area contributed by atoms with E-state index in [0.717, 1.165) is 12.4 Å². The number of hydrogen-bond acceptors (Lipinski definition) is 5. The van der Waals surface area contributed by atoms with E-state index in [9.17, 15) is 5.11 Å². The van der Waals surface area contributed by atoms with Crippen LogP contribution in [-0.2, 0) is 17.8 Å². The summed E-state index contributed by atoms with van der Waals surface area (Å²) in [5.41, 5.74) is -0.761. The van der Waals surface area contributed by atoms with Crippen molar-refractivity contribution < 1.29 is 9.84 Å². The maximum atomic E-state index is 10.4. The number of aliphatic hydroxyl groups is 1. The van der Waals surface area contributed by atoms with Gasteiger partial charge in [0.2, 0.25) is 0 Å². The highest BCUT2D eigenvalue weighted by molar-refractivity contribution is 4.93. The summed E-state index contributed by atoms with van der Waals surface area (Å²) < 4.78 is 7.32. The van der Waals surface area contributed by atoms with Crippen molar-refractivity contribution in [3.63, 3.8) is 0 Å². The number of aromatic nitrogens is 3. The molecule has 2 unspecified atom stereocenters. The molecular weight excluding hydrogens is 244 g/mol. The van der Waals surface area contributed by atoms with E-state index in [2.05, 4.69) is 29.2 Å². The lowest BCUT2D eigenvalue weighted by atomic mass is 9.97. The largest absolute Gasteiger partial charge is 0.386 e. The van der Waals surface area contributed by atoms with E-state index in [1.54, 1.807) is 6.33 Å². The first-order chi connectivity index (χ1) is 9.01. The summed E-state index contributed by atoms with van der Waals surface area (Å²) in [4.78, 5) is 4.25. The number of rotatable bonds is 6. The molecule has 2 rings (SSSR count). The Bertz CT molecular complexity index is 407. The summed E-state index contributed by atoms with van der Waals surface area (Å²) in [5.74, 6) is 1.44. The van der Waals surface area contributed by atoms with Crippen molar-refractivity contribution in [2.45, 2.75) is 52.0 Å². The SMILES string of the molecule is CC(C)Cn1ncnc1CNCC1(O)CCOC1C. The van der Waals surface area contributed by atoms with Crippen molar-refractivity contribution in [2.75, 3.05) is 13.2 Å². The number of nitrogens with one attached hydrogen (secondary N) is 1. The van der Waals surface area contributed by atoms with E-state index in [1.807, 2.05) is 11.6 Å². The standard InChI is InChI=1S/C13H24N4O2/c1-10(2)7-17-12(15-9-16-17)6-14-8-13(18)4-5-19-11(13)3/h9-11,14,18H,4-8H2,1-3H3. The molecule has 1 aromatic heterocycles. The number of ether oxygens (including phenoxy) is 1. The van der Waals surface area contributed by atoms with Crippen LogP contribution in [0.25, 0.3) is 0 Å². The second kappa shape index (κ2) is 5.98. The maximum Gasteiger partial charge on any atom is 0.140 e. The van der Waals surface area contributed by atoms with Crippen LogP contribution in [0.5, 0.6) is 0 Å². The third-order valence-corrected chi connectivity index (χ3v) is 3.61. The van der Waals surface area contributed by atoms with Gasteiger partial charge in [-0.25, -0.2) is 9.67 Å². The molecule has 0 amide bonds. The van der Waals surface area contributed by atoms with Crippen LogP contribution in [0, 0.1) is 5.92 Å². The first-order valence-corrected chi connectivity index (χ1v) is 6.92. The van der Waals surface area contributed by atoms with Crippen molar-refractivity contribution >= 4 is 0 Å². The molecule has 1 aromatic rings. The highest BCUT2D eigenvalue weighted by Gasteiger charge is 2.39. The lowest BCUT2D eigenvalue weighted by Gasteiger charge is -2.26. The molecule has 19 heavy (non-hydrogen) atoms. The smallest absolute Gasteiger partial charge is 0.140 e. The predicted molar refractivity (Wildman–Crippen MR) is 71.5 cm³/mol. The van der Waals surface area contributed by atoms with E-state index in [-0.39, 0.29) is 6.10 Å². The van der Waals surface area contributed by atoms with Gasteiger partial charge in [0, 0.05) is 26.1 Å². The lowest BCUT2D eigenvalue weighted by Crippen LogP contribution is -2.45. The summed E-state index contributed by atoms with van der Waals surface area (Å²) in [5, 5.41) is 17.9. The minimum absolute atomic E-state index is 0.117. The Kier molecular flexibility index (Phi) is 4.54. The number of nitrogens with zero attached hydrogens (tertiary/aromatic N) is 3. The zero-order valence-corrected chi connectivity index (χ0v) is 12.0. The van der Waals surface area contributed by atoms with Gasteiger partial charge in [-0.3, -0.25) is 0 Å². The Balaban J connectivity index is 1.84. The van der Waals surface area contributed by atoms with Gasteiger partial charge in [0.25, 0.3) is 0 Å². The Morgan fingerprint density at radius 1 is 1.63 bits per heavy atom. The summed E-state index contributed by atoms with van der Waals surface area (Å²) in [7, 11) is 0. The van der Waals surface area contributed by atoms with Crippen LogP contribution in [0.1, 0.15) is 33.0 Å². The molecule has 1 fully saturated rings. The van der Waals surface area contributed by atoms with Gasteiger partial charge < -0.3 is 15.2 Å². The normalized spacial score (nSPS) is 27.3. The molecule has 2 N–H and O–H groups in total. The molecule has 1 aliphatic rings. The molecule has 6 nitrogen and oxygen atoms in total. The van der Waals surface area contributed by atoms with Gasteiger partial charge in [-0.15, -0.1) is 0 Å². The fourth-order valence-corrected chi connectivity index (χ4v) is 2.32.